The van der Waals surface area contributed by atoms with Crippen LogP contribution in [0.15, 0.2) is 30.5 Å². The van der Waals surface area contributed by atoms with Crippen molar-refractivity contribution in [3.05, 3.63) is 47.3 Å². The van der Waals surface area contributed by atoms with Crippen LogP contribution in [0.25, 0.3) is 0 Å². The van der Waals surface area contributed by atoms with Crippen LogP contribution in [0.5, 0.6) is 0 Å². The van der Waals surface area contributed by atoms with Crippen LogP contribution in [0.4, 0.5) is 0 Å². The van der Waals surface area contributed by atoms with Crippen molar-refractivity contribution in [2.24, 2.45) is 0 Å². The lowest BCUT2D eigenvalue weighted by Crippen LogP contribution is -2.48. The summed E-state index contributed by atoms with van der Waals surface area (Å²) in [6.45, 7) is 8.32. The van der Waals surface area contributed by atoms with Crippen LogP contribution in [0.3, 0.4) is 0 Å². The van der Waals surface area contributed by atoms with Gasteiger partial charge in [0.1, 0.15) is 0 Å². The van der Waals surface area contributed by atoms with Gasteiger partial charge in [-0.2, -0.15) is 0 Å². The van der Waals surface area contributed by atoms with Crippen LogP contribution in [0.1, 0.15) is 40.5 Å². The normalized spacial score (nSPS) is 19.4. The predicted molar refractivity (Wildman–Crippen MR) is 104 cm³/mol. The monoisotopic (exact) mass is 368 g/mol. The number of piperidine rings is 1. The zero-order valence-corrected chi connectivity index (χ0v) is 16.0. The van der Waals surface area contributed by atoms with Crippen LogP contribution in [-0.4, -0.2) is 70.0 Å². The van der Waals surface area contributed by atoms with Crippen molar-refractivity contribution in [2.45, 2.75) is 32.4 Å². The summed E-state index contributed by atoms with van der Waals surface area (Å²) < 4.78 is 1.88. The average Bonchev–Trinajstić information content (AvgIpc) is 3.19. The summed E-state index contributed by atoms with van der Waals surface area (Å²) in [6, 6.07) is 8.99. The molecule has 0 radical (unpaired) electrons. The zero-order chi connectivity index (χ0) is 18.6. The van der Waals surface area contributed by atoms with Gasteiger partial charge in [0.25, 0.3) is 5.91 Å². The van der Waals surface area contributed by atoms with Gasteiger partial charge in [-0.25, -0.2) is 4.68 Å². The molecule has 0 unspecified atom stereocenters. The molecule has 7 nitrogen and oxygen atoms in total. The Hall–Kier alpha value is -2.25. The van der Waals surface area contributed by atoms with Crippen LogP contribution >= 0.6 is 0 Å². The lowest BCUT2D eigenvalue weighted by molar-refractivity contribution is 0.0622. The number of carbonyl (C=O) groups excluding carboxylic acids is 1. The maximum absolute atomic E-state index is 12.8. The minimum Gasteiger partial charge on any atom is -0.335 e. The molecule has 2 aliphatic heterocycles. The third-order valence-corrected chi connectivity index (χ3v) is 5.56. The first kappa shape index (κ1) is 18.1. The van der Waals surface area contributed by atoms with E-state index in [2.05, 4.69) is 51.7 Å². The molecule has 1 amide bonds. The van der Waals surface area contributed by atoms with Gasteiger partial charge in [0, 0.05) is 32.7 Å². The molecule has 1 N–H and O–H groups in total. The number of hydrogen-bond acceptors (Lipinski definition) is 5. The maximum atomic E-state index is 12.8. The maximum Gasteiger partial charge on any atom is 0.276 e. The summed E-state index contributed by atoms with van der Waals surface area (Å²) in [5.41, 5.74) is 3.10. The van der Waals surface area contributed by atoms with E-state index in [1.807, 2.05) is 15.8 Å². The van der Waals surface area contributed by atoms with Crippen molar-refractivity contribution < 1.29 is 4.79 Å². The van der Waals surface area contributed by atoms with Gasteiger partial charge in [-0.15, -0.1) is 5.10 Å². The first-order valence-electron chi connectivity index (χ1n) is 9.89. The average molecular weight is 368 g/mol. The van der Waals surface area contributed by atoms with Gasteiger partial charge in [-0.1, -0.05) is 35.0 Å². The molecule has 1 aromatic heterocycles. The van der Waals surface area contributed by atoms with E-state index < -0.39 is 0 Å². The number of benzene rings is 1. The SMILES string of the molecule is Cc1cccc(CN2CCN(C(=O)c3cn(C4CCNCC4)nn3)CC2)c1. The smallest absolute Gasteiger partial charge is 0.276 e. The van der Waals surface area contributed by atoms with Crippen molar-refractivity contribution in [3.63, 3.8) is 0 Å². The van der Waals surface area contributed by atoms with Gasteiger partial charge in [0.15, 0.2) is 5.69 Å². The second-order valence-corrected chi connectivity index (χ2v) is 7.62. The Balaban J connectivity index is 1.31. The number of piperazine rings is 1. The zero-order valence-electron chi connectivity index (χ0n) is 16.0. The number of carbonyl (C=O) groups is 1. The van der Waals surface area contributed by atoms with Crippen molar-refractivity contribution >= 4 is 5.91 Å². The van der Waals surface area contributed by atoms with E-state index in [0.29, 0.717) is 11.7 Å². The Labute approximate surface area is 160 Å². The van der Waals surface area contributed by atoms with Gasteiger partial charge in [0.05, 0.1) is 12.2 Å². The van der Waals surface area contributed by atoms with E-state index in [-0.39, 0.29) is 5.91 Å². The van der Waals surface area contributed by atoms with Crippen molar-refractivity contribution in [3.8, 4) is 0 Å². The highest BCUT2D eigenvalue weighted by Gasteiger charge is 2.25. The largest absolute Gasteiger partial charge is 0.335 e. The molecular formula is C20H28N6O. The number of nitrogens with zero attached hydrogens (tertiary/aromatic N) is 5. The molecule has 0 bridgehead atoms. The highest BCUT2D eigenvalue weighted by atomic mass is 16.2. The van der Waals surface area contributed by atoms with Gasteiger partial charge in [-0.3, -0.25) is 9.69 Å². The number of hydrogen-bond donors (Lipinski definition) is 1. The molecule has 0 saturated carbocycles. The van der Waals surface area contributed by atoms with Gasteiger partial charge in [-0.05, 0) is 38.4 Å². The Bertz CT molecular complexity index is 774. The Morgan fingerprint density at radius 2 is 1.96 bits per heavy atom. The fourth-order valence-electron chi connectivity index (χ4n) is 3.96. The molecule has 0 spiro atoms. The predicted octanol–water partition coefficient (Wildman–Crippen LogP) is 1.47. The molecule has 2 aromatic rings. The van der Waals surface area contributed by atoms with Gasteiger partial charge < -0.3 is 10.2 Å². The number of amides is 1. The van der Waals surface area contributed by atoms with Crippen LogP contribution in [-0.2, 0) is 6.54 Å². The molecule has 0 aliphatic carbocycles. The van der Waals surface area contributed by atoms with Gasteiger partial charge >= 0.3 is 0 Å². The fourth-order valence-corrected chi connectivity index (χ4v) is 3.96. The number of nitrogens with one attached hydrogen (secondary N) is 1. The molecule has 4 rings (SSSR count). The Kier molecular flexibility index (Phi) is 5.50. The third kappa shape index (κ3) is 4.36. The summed E-state index contributed by atoms with van der Waals surface area (Å²) in [6.07, 6.45) is 3.90. The molecule has 0 atom stereocenters. The lowest BCUT2D eigenvalue weighted by Gasteiger charge is -2.34. The summed E-state index contributed by atoms with van der Waals surface area (Å²) in [7, 11) is 0. The topological polar surface area (TPSA) is 66.3 Å². The summed E-state index contributed by atoms with van der Waals surface area (Å²) in [5.74, 6) is 0.00499. The van der Waals surface area contributed by atoms with E-state index in [0.717, 1.165) is 58.7 Å². The van der Waals surface area contributed by atoms with Crippen molar-refractivity contribution in [2.75, 3.05) is 39.3 Å². The standard InChI is InChI=1S/C20H28N6O/c1-16-3-2-4-17(13-16)14-24-9-11-25(12-10-24)20(27)19-15-26(23-22-19)18-5-7-21-8-6-18/h2-4,13,15,18,21H,5-12,14H2,1H3. The van der Waals surface area contributed by atoms with Crippen molar-refractivity contribution in [1.82, 2.24) is 30.1 Å². The highest BCUT2D eigenvalue weighted by Crippen LogP contribution is 2.18. The van der Waals surface area contributed by atoms with E-state index in [4.69, 9.17) is 0 Å². The summed E-state index contributed by atoms with van der Waals surface area (Å²) >= 11 is 0. The highest BCUT2D eigenvalue weighted by molar-refractivity contribution is 5.92. The summed E-state index contributed by atoms with van der Waals surface area (Å²) in [5, 5.41) is 11.7. The minimum atomic E-state index is 0.00499. The van der Waals surface area contributed by atoms with Crippen LogP contribution < -0.4 is 5.32 Å². The molecule has 2 fully saturated rings. The van der Waals surface area contributed by atoms with Crippen LogP contribution in [0.2, 0.25) is 0 Å². The molecular weight excluding hydrogens is 340 g/mol. The van der Waals surface area contributed by atoms with Crippen LogP contribution in [0, 0.1) is 6.92 Å². The number of aromatic nitrogens is 3. The third-order valence-electron chi connectivity index (χ3n) is 5.56. The van der Waals surface area contributed by atoms with E-state index in [1.165, 1.54) is 11.1 Å². The Morgan fingerprint density at radius 1 is 1.19 bits per heavy atom. The minimum absolute atomic E-state index is 0.00499. The molecule has 7 heteroatoms. The second-order valence-electron chi connectivity index (χ2n) is 7.62. The molecule has 2 saturated heterocycles. The quantitative estimate of drug-likeness (QED) is 0.885. The molecule has 1 aromatic carbocycles. The second kappa shape index (κ2) is 8.19. The molecule has 3 heterocycles. The first-order valence-corrected chi connectivity index (χ1v) is 9.89. The van der Waals surface area contributed by atoms with E-state index in [1.54, 1.807) is 0 Å². The fraction of sp³-hybridized carbons (Fsp3) is 0.550. The number of rotatable bonds is 4. The lowest BCUT2D eigenvalue weighted by atomic mass is 10.1. The molecule has 27 heavy (non-hydrogen) atoms. The van der Waals surface area contributed by atoms with Gasteiger partial charge in [0.2, 0.25) is 0 Å². The Morgan fingerprint density at radius 3 is 2.70 bits per heavy atom. The summed E-state index contributed by atoms with van der Waals surface area (Å²) in [4.78, 5) is 17.1. The molecule has 144 valence electrons. The van der Waals surface area contributed by atoms with E-state index in [9.17, 15) is 4.79 Å². The van der Waals surface area contributed by atoms with Crippen molar-refractivity contribution in [1.29, 1.82) is 0 Å². The molecule has 2 aliphatic rings. The number of aryl methyl sites for hydroxylation is 1. The first-order chi connectivity index (χ1) is 13.2. The van der Waals surface area contributed by atoms with E-state index >= 15 is 0 Å².